The second-order valence-electron chi connectivity index (χ2n) is 6.31. The number of thioether (sulfide) groups is 1. The van der Waals surface area contributed by atoms with Crippen molar-refractivity contribution in [3.05, 3.63) is 57.9 Å². The van der Waals surface area contributed by atoms with Gasteiger partial charge in [-0.05, 0) is 12.8 Å². The molecule has 138 valence electrons. The molecule has 27 heavy (non-hydrogen) atoms. The molecule has 0 spiro atoms. The molecule has 4 rings (SSSR count). The molecule has 2 aromatic heterocycles. The van der Waals surface area contributed by atoms with E-state index in [1.54, 1.807) is 24.3 Å². The van der Waals surface area contributed by atoms with Crippen LogP contribution in [0.1, 0.15) is 33.6 Å². The van der Waals surface area contributed by atoms with Crippen molar-refractivity contribution in [1.29, 1.82) is 0 Å². The predicted molar refractivity (Wildman–Crippen MR) is 106 cm³/mol. The normalized spacial score (nSPS) is 13.6. The Kier molecular flexibility index (Phi) is 4.75. The number of nitrogens with one attached hydrogen (secondary N) is 2. The molecule has 0 radical (unpaired) electrons. The lowest BCUT2D eigenvalue weighted by molar-refractivity contribution is 0.0949. The highest BCUT2D eigenvalue weighted by Crippen LogP contribution is 2.40. The number of aromatic hydroxyl groups is 1. The van der Waals surface area contributed by atoms with Crippen LogP contribution in [0.2, 0.25) is 0 Å². The molecule has 0 saturated heterocycles. The summed E-state index contributed by atoms with van der Waals surface area (Å²) < 4.78 is 1.04. The van der Waals surface area contributed by atoms with Crippen LogP contribution in [-0.2, 0) is 0 Å². The molecule has 0 unspecified atom stereocenters. The minimum absolute atomic E-state index is 0.0516. The second-order valence-corrected chi connectivity index (χ2v) is 8.58. The van der Waals surface area contributed by atoms with Crippen LogP contribution < -0.4 is 10.9 Å². The standard InChI is InChI=1S/C19H16N2O4S2/c22-12-8-14(24)21-16-15(18(25)20-11-6-7-11)19(27-17(12)16)26-9-13(23)10-4-2-1-3-5-10/h1-5,8,11H,6-7,9H2,(H,20,25)(H2,21,22,24). The van der Waals surface area contributed by atoms with Gasteiger partial charge in [0.15, 0.2) is 5.78 Å². The fourth-order valence-electron chi connectivity index (χ4n) is 2.69. The number of benzene rings is 1. The van der Waals surface area contributed by atoms with Gasteiger partial charge in [0.2, 0.25) is 0 Å². The van der Waals surface area contributed by atoms with E-state index in [0.29, 0.717) is 25.6 Å². The Hall–Kier alpha value is -2.58. The third-order valence-corrected chi connectivity index (χ3v) is 6.68. The Morgan fingerprint density at radius 1 is 1.26 bits per heavy atom. The van der Waals surface area contributed by atoms with Crippen molar-refractivity contribution in [2.24, 2.45) is 0 Å². The van der Waals surface area contributed by atoms with Crippen LogP contribution in [0.25, 0.3) is 10.2 Å². The van der Waals surface area contributed by atoms with E-state index in [0.717, 1.165) is 18.9 Å². The third-order valence-electron chi connectivity index (χ3n) is 4.19. The van der Waals surface area contributed by atoms with Crippen molar-refractivity contribution in [1.82, 2.24) is 10.3 Å². The fraction of sp³-hybridized carbons (Fsp3) is 0.211. The van der Waals surface area contributed by atoms with Gasteiger partial charge in [-0.2, -0.15) is 0 Å². The van der Waals surface area contributed by atoms with Gasteiger partial charge < -0.3 is 15.4 Å². The highest BCUT2D eigenvalue weighted by atomic mass is 32.2. The van der Waals surface area contributed by atoms with Gasteiger partial charge in [0, 0.05) is 17.7 Å². The number of fused-ring (bicyclic) bond motifs is 1. The van der Waals surface area contributed by atoms with Gasteiger partial charge in [-0.15, -0.1) is 23.1 Å². The first-order valence-electron chi connectivity index (χ1n) is 8.43. The molecule has 0 aliphatic heterocycles. The largest absolute Gasteiger partial charge is 0.506 e. The number of hydrogen-bond donors (Lipinski definition) is 3. The Labute approximate surface area is 162 Å². The van der Waals surface area contributed by atoms with Crippen LogP contribution in [0.5, 0.6) is 5.75 Å². The summed E-state index contributed by atoms with van der Waals surface area (Å²) in [6.45, 7) is 0. The molecule has 1 aromatic carbocycles. The van der Waals surface area contributed by atoms with E-state index < -0.39 is 5.56 Å². The molecule has 3 N–H and O–H groups in total. The quantitative estimate of drug-likeness (QED) is 0.436. The van der Waals surface area contributed by atoms with E-state index in [-0.39, 0.29) is 29.2 Å². The molecule has 2 heterocycles. The zero-order valence-corrected chi connectivity index (χ0v) is 15.8. The molecule has 1 amide bonds. The molecule has 6 nitrogen and oxygen atoms in total. The Balaban J connectivity index is 1.68. The summed E-state index contributed by atoms with van der Waals surface area (Å²) in [4.78, 5) is 39.5. The number of aromatic nitrogens is 1. The summed E-state index contributed by atoms with van der Waals surface area (Å²) in [5.41, 5.74) is 0.764. The predicted octanol–water partition coefficient (Wildman–Crippen LogP) is 3.16. The maximum absolute atomic E-state index is 12.7. The molecule has 1 aliphatic rings. The van der Waals surface area contributed by atoms with Crippen LogP contribution in [0.4, 0.5) is 0 Å². The first-order valence-corrected chi connectivity index (χ1v) is 10.2. The van der Waals surface area contributed by atoms with E-state index in [4.69, 9.17) is 0 Å². The van der Waals surface area contributed by atoms with Gasteiger partial charge in [0.05, 0.1) is 25.7 Å². The molecule has 1 fully saturated rings. The smallest absolute Gasteiger partial charge is 0.255 e. The van der Waals surface area contributed by atoms with Gasteiger partial charge in [0.1, 0.15) is 5.75 Å². The molecular formula is C19H16N2O4S2. The van der Waals surface area contributed by atoms with Crippen LogP contribution in [-0.4, -0.2) is 33.6 Å². The Bertz CT molecular complexity index is 1080. The Morgan fingerprint density at radius 2 is 2.00 bits per heavy atom. The maximum atomic E-state index is 12.7. The average Bonchev–Trinajstić information content (AvgIpc) is 3.38. The zero-order chi connectivity index (χ0) is 19.0. The molecule has 0 bridgehead atoms. The van der Waals surface area contributed by atoms with Crippen molar-refractivity contribution in [2.75, 3.05) is 5.75 Å². The molecule has 0 atom stereocenters. The lowest BCUT2D eigenvalue weighted by Crippen LogP contribution is -2.26. The summed E-state index contributed by atoms with van der Waals surface area (Å²) >= 11 is 2.44. The van der Waals surface area contributed by atoms with Crippen LogP contribution in [0, 0.1) is 0 Å². The number of amides is 1. The Morgan fingerprint density at radius 3 is 2.70 bits per heavy atom. The molecular weight excluding hydrogens is 384 g/mol. The SMILES string of the molecule is O=C(CSc1sc2c(O)cc(=O)[nH]c2c1C(=O)NC1CC1)c1ccccc1. The number of hydrogen-bond acceptors (Lipinski definition) is 6. The number of ketones is 1. The number of H-pyrrole nitrogens is 1. The van der Waals surface area contributed by atoms with Gasteiger partial charge >= 0.3 is 0 Å². The van der Waals surface area contributed by atoms with Gasteiger partial charge in [-0.1, -0.05) is 30.3 Å². The average molecular weight is 400 g/mol. The minimum atomic E-state index is -0.477. The van der Waals surface area contributed by atoms with Crippen molar-refractivity contribution < 1.29 is 14.7 Å². The monoisotopic (exact) mass is 400 g/mol. The number of thiophene rings is 1. The lowest BCUT2D eigenvalue weighted by Gasteiger charge is -2.05. The van der Waals surface area contributed by atoms with Gasteiger partial charge in [-0.25, -0.2) is 0 Å². The zero-order valence-electron chi connectivity index (χ0n) is 14.2. The van der Waals surface area contributed by atoms with E-state index >= 15 is 0 Å². The van der Waals surface area contributed by atoms with E-state index in [1.165, 1.54) is 23.1 Å². The highest BCUT2D eigenvalue weighted by molar-refractivity contribution is 8.02. The van der Waals surface area contributed by atoms with Crippen LogP contribution in [0.3, 0.4) is 0 Å². The number of carbonyl (C=O) groups is 2. The molecule has 3 aromatic rings. The van der Waals surface area contributed by atoms with Crippen molar-refractivity contribution in [3.63, 3.8) is 0 Å². The number of aromatic amines is 1. The third kappa shape index (κ3) is 3.77. The number of pyridine rings is 1. The molecule has 1 saturated carbocycles. The summed E-state index contributed by atoms with van der Waals surface area (Å²) in [6.07, 6.45) is 1.87. The lowest BCUT2D eigenvalue weighted by atomic mass is 10.2. The second kappa shape index (κ2) is 7.21. The number of rotatable bonds is 6. The maximum Gasteiger partial charge on any atom is 0.255 e. The summed E-state index contributed by atoms with van der Waals surface area (Å²) in [6, 6.07) is 10.2. The van der Waals surface area contributed by atoms with Gasteiger partial charge in [0.25, 0.3) is 11.5 Å². The highest BCUT2D eigenvalue weighted by Gasteiger charge is 2.28. The first kappa shape index (κ1) is 17.8. The fourth-order valence-corrected chi connectivity index (χ4v) is 5.02. The van der Waals surface area contributed by atoms with Crippen LogP contribution >= 0.6 is 23.1 Å². The van der Waals surface area contributed by atoms with Crippen molar-refractivity contribution in [3.8, 4) is 5.75 Å². The summed E-state index contributed by atoms with van der Waals surface area (Å²) in [5, 5.41) is 13.0. The molecule has 8 heteroatoms. The molecule has 1 aliphatic carbocycles. The van der Waals surface area contributed by atoms with Gasteiger partial charge in [-0.3, -0.25) is 14.4 Å². The number of carbonyl (C=O) groups excluding carboxylic acids is 2. The summed E-state index contributed by atoms with van der Waals surface area (Å²) in [7, 11) is 0. The van der Waals surface area contributed by atoms with Crippen molar-refractivity contribution >= 4 is 45.0 Å². The van der Waals surface area contributed by atoms with Crippen molar-refractivity contribution in [2.45, 2.75) is 23.1 Å². The minimum Gasteiger partial charge on any atom is -0.506 e. The van der Waals surface area contributed by atoms with Crippen LogP contribution in [0.15, 0.2) is 45.4 Å². The van der Waals surface area contributed by atoms with E-state index in [1.807, 2.05) is 6.07 Å². The van der Waals surface area contributed by atoms with E-state index in [9.17, 15) is 19.5 Å². The number of Topliss-reactive ketones (excluding diaryl/α,β-unsaturated/α-hetero) is 1. The summed E-state index contributed by atoms with van der Waals surface area (Å²) in [5.74, 6) is -0.352. The topological polar surface area (TPSA) is 99.3 Å². The van der Waals surface area contributed by atoms with E-state index in [2.05, 4.69) is 10.3 Å². The first-order chi connectivity index (χ1) is 13.0.